The topological polar surface area (TPSA) is 111 Å². The normalized spacial score (nSPS) is 18.4. The van der Waals surface area contributed by atoms with Gasteiger partial charge in [-0.15, -0.1) is 0 Å². The first kappa shape index (κ1) is 19.6. The van der Waals surface area contributed by atoms with Crippen molar-refractivity contribution in [1.82, 2.24) is 10.3 Å². The lowest BCUT2D eigenvalue weighted by Gasteiger charge is -2.30. The number of aromatic nitrogens is 1. The zero-order valence-electron chi connectivity index (χ0n) is 16.3. The van der Waals surface area contributed by atoms with Crippen LogP contribution in [0, 0.1) is 17.0 Å². The molecule has 0 aliphatic heterocycles. The highest BCUT2D eigenvalue weighted by molar-refractivity contribution is 5.85. The number of hydrogen-bond donors (Lipinski definition) is 4. The minimum Gasteiger partial charge on any atom is -0.395 e. The average molecular weight is 395 g/mol. The van der Waals surface area contributed by atoms with Gasteiger partial charge in [0.2, 0.25) is 0 Å². The minimum atomic E-state index is -0.974. The molecule has 0 spiro atoms. The van der Waals surface area contributed by atoms with Crippen LogP contribution in [-0.4, -0.2) is 32.8 Å². The number of nitrogens with zero attached hydrogens (tertiary/aromatic N) is 1. The molecule has 1 heterocycles. The summed E-state index contributed by atoms with van der Waals surface area (Å²) >= 11 is 0. The predicted octanol–water partition coefficient (Wildman–Crippen LogP) is 3.45. The molecule has 7 nitrogen and oxygen atoms in total. The van der Waals surface area contributed by atoms with E-state index < -0.39 is 17.1 Å². The maximum Gasteiger partial charge on any atom is 0.269 e. The molecule has 4 N–H and O–H groups in total. The van der Waals surface area contributed by atoms with Crippen LogP contribution in [-0.2, 0) is 6.42 Å². The van der Waals surface area contributed by atoms with Crippen molar-refractivity contribution in [3.05, 3.63) is 75.0 Å². The first-order chi connectivity index (χ1) is 14.0. The molecular formula is C22H25N3O4. The van der Waals surface area contributed by atoms with E-state index in [1.807, 2.05) is 0 Å². The van der Waals surface area contributed by atoms with Crippen molar-refractivity contribution in [2.75, 3.05) is 6.61 Å². The number of fused-ring (bicyclic) bond motifs is 3. The van der Waals surface area contributed by atoms with E-state index >= 15 is 0 Å². The highest BCUT2D eigenvalue weighted by Crippen LogP contribution is 2.36. The summed E-state index contributed by atoms with van der Waals surface area (Å²) in [7, 11) is 0. The Balaban J connectivity index is 1.58. The Morgan fingerprint density at radius 1 is 1.28 bits per heavy atom. The van der Waals surface area contributed by atoms with Crippen molar-refractivity contribution in [1.29, 1.82) is 0 Å². The van der Waals surface area contributed by atoms with Crippen LogP contribution in [0.2, 0.25) is 0 Å². The lowest BCUT2D eigenvalue weighted by molar-refractivity contribution is -0.384. The Kier molecular flexibility index (Phi) is 5.36. The molecule has 1 aliphatic rings. The van der Waals surface area contributed by atoms with E-state index in [4.69, 9.17) is 0 Å². The predicted molar refractivity (Wildman–Crippen MR) is 111 cm³/mol. The molecule has 152 valence electrons. The van der Waals surface area contributed by atoms with Crippen molar-refractivity contribution in [2.45, 2.75) is 44.4 Å². The van der Waals surface area contributed by atoms with Gasteiger partial charge in [-0.2, -0.15) is 0 Å². The lowest BCUT2D eigenvalue weighted by Crippen LogP contribution is -2.41. The van der Waals surface area contributed by atoms with Crippen LogP contribution in [0.4, 0.5) is 5.69 Å². The van der Waals surface area contributed by atoms with E-state index in [1.54, 1.807) is 0 Å². The van der Waals surface area contributed by atoms with Gasteiger partial charge in [0.15, 0.2) is 0 Å². The number of rotatable bonds is 6. The third-order valence-electron chi connectivity index (χ3n) is 5.80. The zero-order valence-corrected chi connectivity index (χ0v) is 16.3. The van der Waals surface area contributed by atoms with Crippen LogP contribution in [0.5, 0.6) is 0 Å². The Morgan fingerprint density at radius 2 is 2.03 bits per heavy atom. The van der Waals surface area contributed by atoms with E-state index in [0.717, 1.165) is 30.5 Å². The summed E-state index contributed by atoms with van der Waals surface area (Å²) < 4.78 is 0. The van der Waals surface area contributed by atoms with Gasteiger partial charge in [-0.25, -0.2) is 0 Å². The molecule has 0 saturated carbocycles. The summed E-state index contributed by atoms with van der Waals surface area (Å²) in [6.07, 6.45) is 1.96. The second-order valence-electron chi connectivity index (χ2n) is 7.76. The number of non-ortho nitro benzene ring substituents is 1. The van der Waals surface area contributed by atoms with E-state index in [-0.39, 0.29) is 18.3 Å². The fourth-order valence-electron chi connectivity index (χ4n) is 4.27. The van der Waals surface area contributed by atoms with Gasteiger partial charge in [0.05, 0.1) is 23.7 Å². The van der Waals surface area contributed by atoms with Crippen LogP contribution in [0.25, 0.3) is 10.9 Å². The zero-order chi connectivity index (χ0) is 20.5. The van der Waals surface area contributed by atoms with E-state index in [1.165, 1.54) is 40.8 Å². The third-order valence-corrected chi connectivity index (χ3v) is 5.80. The van der Waals surface area contributed by atoms with Crippen LogP contribution < -0.4 is 5.32 Å². The fourth-order valence-corrected chi connectivity index (χ4v) is 4.27. The minimum absolute atomic E-state index is 0.00342. The number of hydrogen-bond acceptors (Lipinski definition) is 5. The van der Waals surface area contributed by atoms with Crippen LogP contribution in [0.15, 0.2) is 42.5 Å². The molecule has 29 heavy (non-hydrogen) atoms. The average Bonchev–Trinajstić information content (AvgIpc) is 3.10. The Morgan fingerprint density at radius 3 is 2.72 bits per heavy atom. The first-order valence-electron chi connectivity index (χ1n) is 9.88. The number of aliphatic hydroxyl groups excluding tert-OH is 2. The van der Waals surface area contributed by atoms with Gasteiger partial charge in [-0.1, -0.05) is 11.6 Å². The molecule has 1 aromatic heterocycles. The number of nitrogens with one attached hydrogen (secondary N) is 2. The van der Waals surface area contributed by atoms with Gasteiger partial charge >= 0.3 is 0 Å². The maximum atomic E-state index is 10.8. The molecule has 0 radical (unpaired) electrons. The quantitative estimate of drug-likeness (QED) is 0.377. The Hall–Kier alpha value is -2.74. The van der Waals surface area contributed by atoms with Crippen molar-refractivity contribution in [3.63, 3.8) is 0 Å². The van der Waals surface area contributed by atoms with Gasteiger partial charge in [-0.05, 0) is 61.6 Å². The third kappa shape index (κ3) is 3.76. The number of H-pyrrole nitrogens is 1. The summed E-state index contributed by atoms with van der Waals surface area (Å²) in [5.74, 6) is 0. The van der Waals surface area contributed by atoms with Crippen LogP contribution >= 0.6 is 0 Å². The lowest BCUT2D eigenvalue weighted by atomic mass is 9.90. The summed E-state index contributed by atoms with van der Waals surface area (Å²) in [4.78, 5) is 13.9. The highest BCUT2D eigenvalue weighted by Gasteiger charge is 2.29. The summed E-state index contributed by atoms with van der Waals surface area (Å²) in [6, 6.07) is 11.6. The number of aromatic amines is 1. The molecule has 1 aliphatic carbocycles. The number of nitro benzene ring substituents is 1. The molecule has 3 aromatic rings. The fraction of sp³-hybridized carbons (Fsp3) is 0.364. The van der Waals surface area contributed by atoms with Gasteiger partial charge < -0.3 is 20.5 Å². The van der Waals surface area contributed by atoms with Crippen molar-refractivity contribution < 1.29 is 15.1 Å². The largest absolute Gasteiger partial charge is 0.395 e. The molecule has 3 atom stereocenters. The van der Waals surface area contributed by atoms with Crippen molar-refractivity contribution in [3.8, 4) is 0 Å². The molecule has 0 saturated heterocycles. The number of nitro groups is 1. The van der Waals surface area contributed by atoms with Gasteiger partial charge in [-0.3, -0.25) is 10.1 Å². The van der Waals surface area contributed by atoms with Gasteiger partial charge in [0.25, 0.3) is 5.69 Å². The molecule has 0 bridgehead atoms. The second kappa shape index (κ2) is 7.94. The van der Waals surface area contributed by atoms with Crippen molar-refractivity contribution >= 4 is 16.6 Å². The standard InChI is InChI=1S/C22H25N3O4/c1-13-5-10-18-17(11-13)16-3-2-4-19(21(16)24-18)23-20(12-26)22(27)14-6-8-15(9-7-14)25(28)29/h5-11,19-20,22-24,26-27H,2-4,12H2,1H3/t19-,20-,22+/m0/s1. The van der Waals surface area contributed by atoms with Gasteiger partial charge in [0, 0.05) is 34.8 Å². The van der Waals surface area contributed by atoms with E-state index in [9.17, 15) is 20.3 Å². The Labute approximate surface area is 168 Å². The summed E-state index contributed by atoms with van der Waals surface area (Å²) in [6.45, 7) is 1.84. The van der Waals surface area contributed by atoms with Crippen LogP contribution in [0.3, 0.4) is 0 Å². The summed E-state index contributed by atoms with van der Waals surface area (Å²) in [5.41, 5.74) is 5.24. The number of aliphatic hydroxyl groups is 2. The molecule has 0 unspecified atom stereocenters. The molecule has 2 aromatic carbocycles. The van der Waals surface area contributed by atoms with Crippen molar-refractivity contribution in [2.24, 2.45) is 0 Å². The first-order valence-corrected chi connectivity index (χ1v) is 9.88. The molecule has 4 rings (SSSR count). The monoisotopic (exact) mass is 395 g/mol. The second-order valence-corrected chi connectivity index (χ2v) is 7.76. The maximum absolute atomic E-state index is 10.8. The van der Waals surface area contributed by atoms with E-state index in [2.05, 4.69) is 35.4 Å². The number of benzene rings is 2. The molecule has 7 heteroatoms. The van der Waals surface area contributed by atoms with Gasteiger partial charge in [0.1, 0.15) is 0 Å². The highest BCUT2D eigenvalue weighted by atomic mass is 16.6. The number of aryl methyl sites for hydroxylation is 2. The SMILES string of the molecule is Cc1ccc2[nH]c3c(c2c1)CCC[C@@H]3N[C@@H](CO)[C@H](O)c1ccc([N+](=O)[O-])cc1. The molecule has 0 amide bonds. The van der Waals surface area contributed by atoms with Crippen LogP contribution in [0.1, 0.15) is 47.4 Å². The smallest absolute Gasteiger partial charge is 0.269 e. The molecule has 0 fully saturated rings. The van der Waals surface area contributed by atoms with E-state index in [0.29, 0.717) is 5.56 Å². The molecular weight excluding hydrogens is 370 g/mol. The Bertz CT molecular complexity index is 1030. The summed E-state index contributed by atoms with van der Waals surface area (Å²) in [5, 5.41) is 36.2.